The Morgan fingerprint density at radius 1 is 1.28 bits per heavy atom. The maximum absolute atomic E-state index is 12.5. The van der Waals surface area contributed by atoms with E-state index in [-0.39, 0.29) is 24.5 Å². The van der Waals surface area contributed by atoms with Crippen LogP contribution in [0, 0.1) is 0 Å². The zero-order chi connectivity index (χ0) is 18.4. The SMILES string of the molecule is COc1ccccc1[C@@H](C)NC(=O)CN(C1CCCCC1)S(C)(=O)=O. The van der Waals surface area contributed by atoms with Crippen LogP contribution in [0.25, 0.3) is 0 Å². The van der Waals surface area contributed by atoms with Crippen molar-refractivity contribution in [2.75, 3.05) is 19.9 Å². The number of amides is 1. The number of methoxy groups -OCH3 is 1. The largest absolute Gasteiger partial charge is 0.496 e. The fraction of sp³-hybridized carbons (Fsp3) is 0.611. The highest BCUT2D eigenvalue weighted by Gasteiger charge is 2.30. The molecule has 0 aromatic heterocycles. The molecule has 0 spiro atoms. The highest BCUT2D eigenvalue weighted by Crippen LogP contribution is 2.26. The summed E-state index contributed by atoms with van der Waals surface area (Å²) < 4.78 is 31.0. The number of nitrogens with one attached hydrogen (secondary N) is 1. The van der Waals surface area contributed by atoms with Gasteiger partial charge in [-0.15, -0.1) is 0 Å². The van der Waals surface area contributed by atoms with Gasteiger partial charge >= 0.3 is 0 Å². The molecule has 25 heavy (non-hydrogen) atoms. The molecule has 1 aromatic rings. The van der Waals surface area contributed by atoms with Crippen LogP contribution in [-0.2, 0) is 14.8 Å². The summed E-state index contributed by atoms with van der Waals surface area (Å²) in [6, 6.07) is 7.13. The van der Waals surface area contributed by atoms with Crippen molar-refractivity contribution >= 4 is 15.9 Å². The molecular weight excluding hydrogens is 340 g/mol. The van der Waals surface area contributed by atoms with Gasteiger partial charge in [-0.2, -0.15) is 4.31 Å². The number of carbonyl (C=O) groups is 1. The van der Waals surface area contributed by atoms with Gasteiger partial charge in [0.05, 0.1) is 26.0 Å². The fourth-order valence-corrected chi connectivity index (χ4v) is 4.52. The number of para-hydroxylation sites is 1. The second-order valence-electron chi connectivity index (χ2n) is 6.63. The van der Waals surface area contributed by atoms with Crippen molar-refractivity contribution < 1.29 is 17.9 Å². The highest BCUT2D eigenvalue weighted by molar-refractivity contribution is 7.88. The number of ether oxygens (including phenoxy) is 1. The summed E-state index contributed by atoms with van der Waals surface area (Å²) in [7, 11) is -1.84. The predicted octanol–water partition coefficient (Wildman–Crippen LogP) is 2.47. The van der Waals surface area contributed by atoms with E-state index in [0.29, 0.717) is 5.75 Å². The lowest BCUT2D eigenvalue weighted by Gasteiger charge is -2.32. The molecule has 1 saturated carbocycles. The lowest BCUT2D eigenvalue weighted by Crippen LogP contribution is -2.47. The summed E-state index contributed by atoms with van der Waals surface area (Å²) in [5.74, 6) is 0.400. The van der Waals surface area contributed by atoms with Crippen LogP contribution in [-0.4, -0.2) is 44.6 Å². The Labute approximate surface area is 150 Å². The Hall–Kier alpha value is -1.60. The molecule has 2 rings (SSSR count). The first-order valence-corrected chi connectivity index (χ1v) is 10.6. The van der Waals surface area contributed by atoms with E-state index in [9.17, 15) is 13.2 Å². The van der Waals surface area contributed by atoms with Crippen LogP contribution in [0.1, 0.15) is 50.6 Å². The van der Waals surface area contributed by atoms with Crippen LogP contribution in [0.3, 0.4) is 0 Å². The van der Waals surface area contributed by atoms with Crippen molar-refractivity contribution in [2.24, 2.45) is 0 Å². The summed E-state index contributed by atoms with van der Waals surface area (Å²) in [4.78, 5) is 12.5. The van der Waals surface area contributed by atoms with E-state index >= 15 is 0 Å². The minimum Gasteiger partial charge on any atom is -0.496 e. The quantitative estimate of drug-likeness (QED) is 0.802. The van der Waals surface area contributed by atoms with Gasteiger partial charge in [-0.05, 0) is 25.8 Å². The average Bonchev–Trinajstić information content (AvgIpc) is 2.59. The molecule has 1 aliphatic carbocycles. The number of nitrogens with zero attached hydrogens (tertiary/aromatic N) is 1. The molecule has 0 aliphatic heterocycles. The monoisotopic (exact) mass is 368 g/mol. The molecule has 0 saturated heterocycles. The van der Waals surface area contributed by atoms with Crippen molar-refractivity contribution in [3.8, 4) is 5.75 Å². The third-order valence-electron chi connectivity index (χ3n) is 4.69. The average molecular weight is 368 g/mol. The first-order chi connectivity index (χ1) is 11.8. The number of carbonyl (C=O) groups excluding carboxylic acids is 1. The van der Waals surface area contributed by atoms with Crippen molar-refractivity contribution in [1.29, 1.82) is 0 Å². The lowest BCUT2D eigenvalue weighted by atomic mass is 9.95. The molecule has 1 fully saturated rings. The number of benzene rings is 1. The van der Waals surface area contributed by atoms with E-state index in [0.717, 1.165) is 37.7 Å². The van der Waals surface area contributed by atoms with Gasteiger partial charge in [0.1, 0.15) is 5.75 Å². The molecule has 7 heteroatoms. The van der Waals surface area contributed by atoms with Gasteiger partial charge < -0.3 is 10.1 Å². The van der Waals surface area contributed by atoms with E-state index in [1.165, 1.54) is 10.6 Å². The molecule has 6 nitrogen and oxygen atoms in total. The van der Waals surface area contributed by atoms with Crippen LogP contribution in [0.2, 0.25) is 0 Å². The third kappa shape index (κ3) is 5.44. The standard InChI is InChI=1S/C18H28N2O4S/c1-14(16-11-7-8-12-17(16)24-2)19-18(21)13-20(25(3,22)23)15-9-5-4-6-10-15/h7-8,11-12,14-15H,4-6,9-10,13H2,1-3H3,(H,19,21)/t14-/m1/s1. The van der Waals surface area contributed by atoms with Gasteiger partial charge in [0, 0.05) is 11.6 Å². The van der Waals surface area contributed by atoms with Gasteiger partial charge in [0.15, 0.2) is 0 Å². The normalized spacial score (nSPS) is 17.3. The van der Waals surface area contributed by atoms with Crippen LogP contribution in [0.4, 0.5) is 0 Å². The van der Waals surface area contributed by atoms with E-state index in [4.69, 9.17) is 4.74 Å². The summed E-state index contributed by atoms with van der Waals surface area (Å²) in [6.07, 6.45) is 5.97. The van der Waals surface area contributed by atoms with E-state index < -0.39 is 10.0 Å². The number of sulfonamides is 1. The first-order valence-electron chi connectivity index (χ1n) is 8.72. The van der Waals surface area contributed by atoms with Crippen molar-refractivity contribution in [3.05, 3.63) is 29.8 Å². The Morgan fingerprint density at radius 2 is 1.92 bits per heavy atom. The zero-order valence-corrected chi connectivity index (χ0v) is 16.0. The van der Waals surface area contributed by atoms with Crippen molar-refractivity contribution in [1.82, 2.24) is 9.62 Å². The van der Waals surface area contributed by atoms with Crippen LogP contribution in [0.15, 0.2) is 24.3 Å². The Bertz CT molecular complexity index is 684. The second-order valence-corrected chi connectivity index (χ2v) is 8.57. The van der Waals surface area contributed by atoms with Crippen LogP contribution in [0.5, 0.6) is 5.75 Å². The topological polar surface area (TPSA) is 75.7 Å². The summed E-state index contributed by atoms with van der Waals surface area (Å²) in [5, 5.41) is 2.89. The minimum atomic E-state index is -3.43. The maximum atomic E-state index is 12.5. The molecule has 0 bridgehead atoms. The summed E-state index contributed by atoms with van der Waals surface area (Å²) in [5.41, 5.74) is 0.863. The summed E-state index contributed by atoms with van der Waals surface area (Å²) >= 11 is 0. The Kier molecular flexibility index (Phi) is 6.84. The first kappa shape index (κ1) is 19.7. The molecule has 0 heterocycles. The molecule has 1 atom stereocenters. The Balaban J connectivity index is 2.05. The predicted molar refractivity (Wildman–Crippen MR) is 98.0 cm³/mol. The highest BCUT2D eigenvalue weighted by atomic mass is 32.2. The van der Waals surface area contributed by atoms with Crippen LogP contribution < -0.4 is 10.1 Å². The van der Waals surface area contributed by atoms with Gasteiger partial charge in [0.2, 0.25) is 15.9 Å². The molecule has 1 N–H and O–H groups in total. The van der Waals surface area contributed by atoms with Crippen molar-refractivity contribution in [2.45, 2.75) is 51.1 Å². The number of hydrogen-bond acceptors (Lipinski definition) is 4. The van der Waals surface area contributed by atoms with Crippen molar-refractivity contribution in [3.63, 3.8) is 0 Å². The zero-order valence-electron chi connectivity index (χ0n) is 15.2. The molecule has 1 amide bonds. The molecule has 1 aliphatic rings. The van der Waals surface area contributed by atoms with Crippen LogP contribution >= 0.6 is 0 Å². The minimum absolute atomic E-state index is 0.0731. The van der Waals surface area contributed by atoms with Gasteiger partial charge in [-0.1, -0.05) is 37.5 Å². The summed E-state index contributed by atoms with van der Waals surface area (Å²) in [6.45, 7) is 1.73. The fourth-order valence-electron chi connectivity index (χ4n) is 3.42. The molecule has 0 unspecified atom stereocenters. The molecular formula is C18H28N2O4S. The van der Waals surface area contributed by atoms with Gasteiger partial charge in [-0.3, -0.25) is 4.79 Å². The van der Waals surface area contributed by atoms with E-state index in [1.54, 1.807) is 7.11 Å². The maximum Gasteiger partial charge on any atom is 0.235 e. The van der Waals surface area contributed by atoms with E-state index in [2.05, 4.69) is 5.32 Å². The third-order valence-corrected chi connectivity index (χ3v) is 5.97. The van der Waals surface area contributed by atoms with E-state index in [1.807, 2.05) is 31.2 Å². The number of rotatable bonds is 7. The molecule has 1 aromatic carbocycles. The number of hydrogen-bond donors (Lipinski definition) is 1. The lowest BCUT2D eigenvalue weighted by molar-refractivity contribution is -0.122. The molecule has 0 radical (unpaired) electrons. The second kappa shape index (κ2) is 8.67. The smallest absolute Gasteiger partial charge is 0.235 e. The van der Waals surface area contributed by atoms with Gasteiger partial charge in [-0.25, -0.2) is 8.42 Å². The van der Waals surface area contributed by atoms with Gasteiger partial charge in [0.25, 0.3) is 0 Å². The Morgan fingerprint density at radius 3 is 2.52 bits per heavy atom. The molecule has 140 valence electrons.